The van der Waals surface area contributed by atoms with Crippen molar-refractivity contribution in [2.24, 2.45) is 0 Å². The third-order valence-corrected chi connectivity index (χ3v) is 1.15. The van der Waals surface area contributed by atoms with Crippen LogP contribution in [0.3, 0.4) is 0 Å². The first-order valence-corrected chi connectivity index (χ1v) is 4.15. The maximum Gasteiger partial charge on any atom is 0.422 e. The number of rotatable bonds is 2. The Morgan fingerprint density at radius 3 is 1.40 bits per heavy atom. The summed E-state index contributed by atoms with van der Waals surface area (Å²) in [6, 6.07) is 0. The minimum Gasteiger partial charge on any atom is -0.207 e. The molecule has 0 fully saturated rings. The number of hydrogen-bond acceptors (Lipinski definition) is 0. The van der Waals surface area contributed by atoms with E-state index in [1.54, 1.807) is 0 Å². The molecule has 0 saturated carbocycles. The molecule has 0 aliphatic rings. The van der Waals surface area contributed by atoms with E-state index in [0.29, 0.717) is 0 Å². The first-order valence-electron chi connectivity index (χ1n) is 4.15. The fraction of sp³-hybridized carbons (Fsp3) is 0.400. The first kappa shape index (κ1) is 16.3. The van der Waals surface area contributed by atoms with E-state index in [-0.39, 0.29) is 0 Å². The van der Waals surface area contributed by atoms with Gasteiger partial charge in [-0.1, -0.05) is 27.0 Å². The molecule has 0 N–H and O–H groups in total. The second kappa shape index (κ2) is 6.37. The van der Waals surface area contributed by atoms with E-state index in [0.717, 1.165) is 6.92 Å². The average Bonchev–Trinajstić information content (AvgIpc) is 2.04. The molecule has 0 aliphatic carbocycles. The molecule has 0 spiro atoms. The van der Waals surface area contributed by atoms with Crippen molar-refractivity contribution >= 4 is 0 Å². The second-order valence-corrected chi connectivity index (χ2v) is 2.37. The predicted molar refractivity (Wildman–Crippen MR) is 50.6 cm³/mol. The van der Waals surface area contributed by atoms with E-state index in [1.807, 2.05) is 13.8 Å². The van der Waals surface area contributed by atoms with Crippen LogP contribution in [0.5, 0.6) is 0 Å². The molecule has 0 rings (SSSR count). The molecule has 0 radical (unpaired) electrons. The molecule has 0 aromatic rings. The van der Waals surface area contributed by atoms with E-state index in [1.165, 1.54) is 0 Å². The van der Waals surface area contributed by atoms with Gasteiger partial charge in [-0.15, -0.1) is 0 Å². The lowest BCUT2D eigenvalue weighted by Crippen LogP contribution is -2.14. The molecule has 0 aliphatic heterocycles. The van der Waals surface area contributed by atoms with Crippen LogP contribution in [-0.4, -0.2) is 6.18 Å². The van der Waals surface area contributed by atoms with E-state index in [9.17, 15) is 22.0 Å². The van der Waals surface area contributed by atoms with Gasteiger partial charge in [-0.3, -0.25) is 0 Å². The van der Waals surface area contributed by atoms with E-state index < -0.39 is 29.0 Å². The lowest BCUT2D eigenvalue weighted by Gasteiger charge is -2.10. The highest BCUT2D eigenvalue weighted by molar-refractivity contribution is 5.38. The van der Waals surface area contributed by atoms with Gasteiger partial charge >= 0.3 is 6.18 Å². The number of hydrogen-bond donors (Lipinski definition) is 0. The highest BCUT2D eigenvalue weighted by Gasteiger charge is 2.39. The molecule has 0 nitrogen and oxygen atoms in total. The van der Waals surface area contributed by atoms with Gasteiger partial charge < -0.3 is 0 Å². The van der Waals surface area contributed by atoms with Crippen LogP contribution in [0.2, 0.25) is 0 Å². The molecule has 15 heavy (non-hydrogen) atoms. The normalized spacial score (nSPS) is 12.3. The topological polar surface area (TPSA) is 0 Å². The Balaban J connectivity index is 0. The molecule has 0 aromatic heterocycles. The predicted octanol–water partition coefficient (Wildman–Crippen LogP) is 4.86. The van der Waals surface area contributed by atoms with Crippen molar-refractivity contribution in [1.82, 2.24) is 0 Å². The zero-order chi connectivity index (χ0) is 12.8. The summed E-state index contributed by atoms with van der Waals surface area (Å²) in [5.41, 5.74) is -2.49. The maximum atomic E-state index is 12.7. The smallest absolute Gasteiger partial charge is 0.207 e. The van der Waals surface area contributed by atoms with Gasteiger partial charge in [0, 0.05) is 0 Å². The van der Waals surface area contributed by atoms with Crippen molar-refractivity contribution < 1.29 is 22.0 Å². The van der Waals surface area contributed by atoms with Crippen molar-refractivity contribution in [2.75, 3.05) is 0 Å². The molecule has 0 aromatic carbocycles. The monoisotopic (exact) mass is 228 g/mol. The molecule has 5 heteroatoms. The van der Waals surface area contributed by atoms with E-state index >= 15 is 0 Å². The molecular formula is C10H13F5. The molecule has 0 bridgehead atoms. The van der Waals surface area contributed by atoms with Crippen LogP contribution in [0.25, 0.3) is 0 Å². The Morgan fingerprint density at radius 2 is 1.33 bits per heavy atom. The molecule has 0 unspecified atom stereocenters. The molecular weight excluding hydrogens is 215 g/mol. The Hall–Kier alpha value is -1.13. The van der Waals surface area contributed by atoms with Gasteiger partial charge in [0.05, 0.1) is 0 Å². The van der Waals surface area contributed by atoms with E-state index in [4.69, 9.17) is 0 Å². The third-order valence-electron chi connectivity index (χ3n) is 1.15. The quantitative estimate of drug-likeness (QED) is 0.467. The summed E-state index contributed by atoms with van der Waals surface area (Å²) in [5, 5.41) is 0. The minimum absolute atomic E-state index is 0.494. The summed E-state index contributed by atoms with van der Waals surface area (Å²) in [5.74, 6) is -3.58. The van der Waals surface area contributed by atoms with Crippen LogP contribution in [-0.2, 0) is 0 Å². The maximum absolute atomic E-state index is 12.7. The summed E-state index contributed by atoms with van der Waals surface area (Å²) < 4.78 is 60.7. The van der Waals surface area contributed by atoms with Crippen molar-refractivity contribution in [3.63, 3.8) is 0 Å². The Bertz CT molecular complexity index is 270. The van der Waals surface area contributed by atoms with Crippen LogP contribution >= 0.6 is 0 Å². The van der Waals surface area contributed by atoms with Crippen LogP contribution in [0.1, 0.15) is 20.8 Å². The number of alkyl halides is 3. The van der Waals surface area contributed by atoms with Crippen molar-refractivity contribution in [1.29, 1.82) is 0 Å². The average molecular weight is 228 g/mol. The second-order valence-electron chi connectivity index (χ2n) is 2.37. The van der Waals surface area contributed by atoms with Gasteiger partial charge in [-0.05, 0) is 12.5 Å². The summed E-state index contributed by atoms with van der Waals surface area (Å²) in [4.78, 5) is 0. The van der Waals surface area contributed by atoms with Crippen LogP contribution < -0.4 is 0 Å². The Morgan fingerprint density at radius 1 is 1.00 bits per heavy atom. The zero-order valence-electron chi connectivity index (χ0n) is 8.80. The van der Waals surface area contributed by atoms with Gasteiger partial charge in [-0.2, -0.15) is 13.2 Å². The summed E-state index contributed by atoms with van der Waals surface area (Å²) in [7, 11) is 0. The molecule has 0 amide bonds. The van der Waals surface area contributed by atoms with Gasteiger partial charge in [0.2, 0.25) is 0 Å². The van der Waals surface area contributed by atoms with Crippen molar-refractivity contribution in [3.05, 3.63) is 36.0 Å². The van der Waals surface area contributed by atoms with Crippen molar-refractivity contribution in [3.8, 4) is 0 Å². The summed E-state index contributed by atoms with van der Waals surface area (Å²) >= 11 is 0. The lowest BCUT2D eigenvalue weighted by molar-refractivity contribution is -0.0926. The van der Waals surface area contributed by atoms with Gasteiger partial charge in [0.1, 0.15) is 17.2 Å². The minimum atomic E-state index is -5.09. The van der Waals surface area contributed by atoms with Gasteiger partial charge in [0.25, 0.3) is 0 Å². The zero-order valence-corrected chi connectivity index (χ0v) is 8.80. The largest absolute Gasteiger partial charge is 0.422 e. The highest BCUT2D eigenvalue weighted by Crippen LogP contribution is 2.35. The summed E-state index contributed by atoms with van der Waals surface area (Å²) in [6.45, 7) is 10.3. The standard InChI is InChI=1S/C8H7F5.C2H6/c1-4(2)7(10)6(5(3)9)8(11,12)13;1-2/h1,3H2,2H3;1-2H3/b7-6-;. The molecule has 0 atom stereocenters. The summed E-state index contributed by atoms with van der Waals surface area (Å²) in [6.07, 6.45) is -5.09. The Kier molecular flexibility index (Phi) is 6.93. The van der Waals surface area contributed by atoms with Gasteiger partial charge in [0.15, 0.2) is 0 Å². The van der Waals surface area contributed by atoms with Gasteiger partial charge in [-0.25, -0.2) is 8.78 Å². The van der Waals surface area contributed by atoms with Crippen LogP contribution in [0.15, 0.2) is 36.0 Å². The first-order chi connectivity index (χ1) is 6.68. The van der Waals surface area contributed by atoms with E-state index in [2.05, 4.69) is 13.2 Å². The number of halogens is 5. The Labute approximate surface area is 85.8 Å². The van der Waals surface area contributed by atoms with Crippen molar-refractivity contribution in [2.45, 2.75) is 26.9 Å². The number of allylic oxidation sites excluding steroid dienone is 4. The fourth-order valence-electron chi connectivity index (χ4n) is 0.611. The SMILES string of the molecule is C=C(C)/C(F)=C(\C(=C)F)C(F)(F)F.CC. The van der Waals surface area contributed by atoms with Crippen LogP contribution in [0, 0.1) is 0 Å². The highest BCUT2D eigenvalue weighted by atomic mass is 19.4. The molecule has 0 heterocycles. The molecule has 88 valence electrons. The van der Waals surface area contributed by atoms with Crippen LogP contribution in [0.4, 0.5) is 22.0 Å². The fourth-order valence-corrected chi connectivity index (χ4v) is 0.611. The molecule has 0 saturated heterocycles. The lowest BCUT2D eigenvalue weighted by atomic mass is 10.1. The third kappa shape index (κ3) is 5.34.